The van der Waals surface area contributed by atoms with Crippen molar-refractivity contribution < 1.29 is 4.52 Å². The number of aromatic nitrogens is 3. The van der Waals surface area contributed by atoms with Gasteiger partial charge in [-0.05, 0) is 17.5 Å². The van der Waals surface area contributed by atoms with Gasteiger partial charge in [-0.25, -0.2) is 4.68 Å². The molecular weight excluding hydrogens is 298 g/mol. The topological polar surface area (TPSA) is 60.9 Å². The molecule has 108 valence electrons. The molecule has 0 aliphatic carbocycles. The van der Waals surface area contributed by atoms with Gasteiger partial charge in [0.25, 0.3) is 5.56 Å². The molecule has 4 aromatic rings. The predicted octanol–water partition coefficient (Wildman–Crippen LogP) is 3.16. The predicted molar refractivity (Wildman–Crippen MR) is 84.9 cm³/mol. The van der Waals surface area contributed by atoms with Gasteiger partial charge < -0.3 is 4.52 Å². The summed E-state index contributed by atoms with van der Waals surface area (Å²) in [5.74, 6) is 0.707. The molecule has 0 atom stereocenters. The van der Waals surface area contributed by atoms with Crippen molar-refractivity contribution in [1.82, 2.24) is 14.9 Å². The van der Waals surface area contributed by atoms with Crippen LogP contribution in [0.4, 0.5) is 0 Å². The van der Waals surface area contributed by atoms with E-state index < -0.39 is 0 Å². The molecule has 0 spiro atoms. The van der Waals surface area contributed by atoms with E-state index in [0.717, 1.165) is 10.3 Å². The van der Waals surface area contributed by atoms with Crippen molar-refractivity contribution in [3.8, 4) is 10.6 Å². The maximum absolute atomic E-state index is 12.4. The average Bonchev–Trinajstić information content (AvgIpc) is 3.21. The highest BCUT2D eigenvalue weighted by molar-refractivity contribution is 7.13. The van der Waals surface area contributed by atoms with Crippen LogP contribution in [0.2, 0.25) is 0 Å². The number of hydrogen-bond acceptors (Lipinski definition) is 5. The van der Waals surface area contributed by atoms with Gasteiger partial charge in [-0.3, -0.25) is 4.79 Å². The van der Waals surface area contributed by atoms with Crippen molar-refractivity contribution in [2.24, 2.45) is 0 Å². The SMILES string of the molecule is O=c1c2ccccc2cnn1Cc1cc(-c2cccs2)on1. The van der Waals surface area contributed by atoms with Crippen LogP contribution >= 0.6 is 11.3 Å². The van der Waals surface area contributed by atoms with Crippen LogP contribution in [0, 0.1) is 0 Å². The Morgan fingerprint density at radius 3 is 2.95 bits per heavy atom. The van der Waals surface area contributed by atoms with Gasteiger partial charge >= 0.3 is 0 Å². The molecule has 0 aliphatic rings. The van der Waals surface area contributed by atoms with Crippen molar-refractivity contribution in [2.45, 2.75) is 6.54 Å². The first-order valence-corrected chi connectivity index (χ1v) is 7.63. The standard InChI is InChI=1S/C16H11N3O2S/c20-16-13-5-2-1-4-11(13)9-17-19(16)10-12-8-14(21-18-12)15-6-3-7-22-15/h1-9H,10H2. The molecular formula is C16H11N3O2S. The number of thiophene rings is 1. The first-order chi connectivity index (χ1) is 10.8. The van der Waals surface area contributed by atoms with E-state index in [4.69, 9.17) is 4.52 Å². The summed E-state index contributed by atoms with van der Waals surface area (Å²) in [5, 5.41) is 11.7. The van der Waals surface area contributed by atoms with Crippen LogP contribution in [0.1, 0.15) is 5.69 Å². The van der Waals surface area contributed by atoms with Crippen molar-refractivity contribution >= 4 is 22.1 Å². The van der Waals surface area contributed by atoms with Crippen LogP contribution in [0.15, 0.2) is 63.4 Å². The molecule has 5 nitrogen and oxygen atoms in total. The van der Waals surface area contributed by atoms with Gasteiger partial charge in [-0.1, -0.05) is 29.4 Å². The molecule has 0 aliphatic heterocycles. The van der Waals surface area contributed by atoms with Gasteiger partial charge in [-0.15, -0.1) is 11.3 Å². The van der Waals surface area contributed by atoms with Crippen LogP contribution in [0.5, 0.6) is 0 Å². The fraction of sp³-hybridized carbons (Fsp3) is 0.0625. The van der Waals surface area contributed by atoms with Crippen LogP contribution in [-0.4, -0.2) is 14.9 Å². The fourth-order valence-electron chi connectivity index (χ4n) is 2.32. The highest BCUT2D eigenvalue weighted by Gasteiger charge is 2.10. The Balaban J connectivity index is 1.69. The number of fused-ring (bicyclic) bond motifs is 1. The molecule has 0 unspecified atom stereocenters. The maximum Gasteiger partial charge on any atom is 0.274 e. The van der Waals surface area contributed by atoms with E-state index in [0.29, 0.717) is 23.4 Å². The van der Waals surface area contributed by atoms with Crippen LogP contribution in [0.3, 0.4) is 0 Å². The smallest absolute Gasteiger partial charge is 0.274 e. The van der Waals surface area contributed by atoms with Crippen molar-refractivity contribution in [1.29, 1.82) is 0 Å². The van der Waals surface area contributed by atoms with Gasteiger partial charge in [0.1, 0.15) is 5.69 Å². The maximum atomic E-state index is 12.4. The van der Waals surface area contributed by atoms with E-state index in [9.17, 15) is 4.79 Å². The Bertz CT molecular complexity index is 986. The zero-order valence-corrected chi connectivity index (χ0v) is 12.3. The monoisotopic (exact) mass is 309 g/mol. The van der Waals surface area contributed by atoms with E-state index >= 15 is 0 Å². The van der Waals surface area contributed by atoms with E-state index in [-0.39, 0.29) is 5.56 Å². The summed E-state index contributed by atoms with van der Waals surface area (Å²) in [5.41, 5.74) is 0.548. The Labute approximate surface area is 129 Å². The summed E-state index contributed by atoms with van der Waals surface area (Å²) >= 11 is 1.58. The number of nitrogens with zero attached hydrogens (tertiary/aromatic N) is 3. The number of rotatable bonds is 3. The van der Waals surface area contributed by atoms with Crippen molar-refractivity contribution in [2.75, 3.05) is 0 Å². The molecule has 0 saturated heterocycles. The average molecular weight is 309 g/mol. The Hall–Kier alpha value is -2.73. The Kier molecular flexibility index (Phi) is 3.08. The summed E-state index contributed by atoms with van der Waals surface area (Å²) < 4.78 is 6.73. The van der Waals surface area contributed by atoms with E-state index in [1.807, 2.05) is 41.8 Å². The normalized spacial score (nSPS) is 11.1. The molecule has 3 aromatic heterocycles. The molecule has 0 bridgehead atoms. The Morgan fingerprint density at radius 1 is 1.18 bits per heavy atom. The minimum atomic E-state index is -0.126. The molecule has 3 heterocycles. The zero-order valence-electron chi connectivity index (χ0n) is 11.5. The lowest BCUT2D eigenvalue weighted by atomic mass is 10.2. The molecule has 0 radical (unpaired) electrons. The molecule has 1 aromatic carbocycles. The second-order valence-corrected chi connectivity index (χ2v) is 5.80. The van der Waals surface area contributed by atoms with E-state index in [1.165, 1.54) is 4.68 Å². The second kappa shape index (κ2) is 5.23. The zero-order chi connectivity index (χ0) is 14.9. The third-order valence-corrected chi connectivity index (χ3v) is 4.28. The minimum Gasteiger partial charge on any atom is -0.355 e. The first-order valence-electron chi connectivity index (χ1n) is 6.75. The van der Waals surface area contributed by atoms with Gasteiger partial charge in [0.15, 0.2) is 5.76 Å². The van der Waals surface area contributed by atoms with Gasteiger partial charge in [0.05, 0.1) is 23.0 Å². The highest BCUT2D eigenvalue weighted by Crippen LogP contribution is 2.25. The van der Waals surface area contributed by atoms with E-state index in [2.05, 4.69) is 10.3 Å². The summed E-state index contributed by atoms with van der Waals surface area (Å²) in [4.78, 5) is 13.4. The summed E-state index contributed by atoms with van der Waals surface area (Å²) in [7, 11) is 0. The van der Waals surface area contributed by atoms with Gasteiger partial charge in [0.2, 0.25) is 0 Å². The van der Waals surface area contributed by atoms with Crippen LogP contribution in [-0.2, 0) is 6.54 Å². The molecule has 4 rings (SSSR count). The summed E-state index contributed by atoms with van der Waals surface area (Å²) in [6.07, 6.45) is 1.69. The lowest BCUT2D eigenvalue weighted by Gasteiger charge is -2.03. The molecule has 6 heteroatoms. The fourth-order valence-corrected chi connectivity index (χ4v) is 2.99. The number of hydrogen-bond donors (Lipinski definition) is 0. The molecule has 0 N–H and O–H groups in total. The van der Waals surface area contributed by atoms with Crippen LogP contribution < -0.4 is 5.56 Å². The van der Waals surface area contributed by atoms with Gasteiger partial charge in [-0.2, -0.15) is 5.10 Å². The van der Waals surface area contributed by atoms with E-state index in [1.54, 1.807) is 23.6 Å². The summed E-state index contributed by atoms with van der Waals surface area (Å²) in [6.45, 7) is 0.290. The molecule has 0 amide bonds. The largest absolute Gasteiger partial charge is 0.355 e. The lowest BCUT2D eigenvalue weighted by molar-refractivity contribution is 0.419. The minimum absolute atomic E-state index is 0.126. The molecule has 0 fully saturated rings. The van der Waals surface area contributed by atoms with Crippen molar-refractivity contribution in [3.63, 3.8) is 0 Å². The quantitative estimate of drug-likeness (QED) is 0.583. The van der Waals surface area contributed by atoms with Gasteiger partial charge in [0, 0.05) is 11.5 Å². The lowest BCUT2D eigenvalue weighted by Crippen LogP contribution is -2.23. The Morgan fingerprint density at radius 2 is 2.09 bits per heavy atom. The third kappa shape index (κ3) is 2.23. The number of benzene rings is 1. The first kappa shape index (κ1) is 13.0. The molecule has 0 saturated carbocycles. The van der Waals surface area contributed by atoms with Crippen molar-refractivity contribution in [3.05, 3.63) is 70.1 Å². The third-order valence-electron chi connectivity index (χ3n) is 3.40. The summed E-state index contributed by atoms with van der Waals surface area (Å²) in [6, 6.07) is 13.2. The highest BCUT2D eigenvalue weighted by atomic mass is 32.1. The van der Waals surface area contributed by atoms with Crippen LogP contribution in [0.25, 0.3) is 21.4 Å². The molecule has 22 heavy (non-hydrogen) atoms. The second-order valence-electron chi connectivity index (χ2n) is 4.85.